The summed E-state index contributed by atoms with van der Waals surface area (Å²) in [5.41, 5.74) is -1.95. The van der Waals surface area contributed by atoms with Gasteiger partial charge in [0.15, 0.2) is 0 Å². The highest BCUT2D eigenvalue weighted by atomic mass is 16.3. The van der Waals surface area contributed by atoms with E-state index in [2.05, 4.69) is 29.8 Å². The van der Waals surface area contributed by atoms with E-state index in [1.165, 1.54) is 12.8 Å². The standard InChI is InChI=1S/C27H51N3O3/c1-5-27(33,23-7-6-14-28-23)13-12-18-15-24(29-17-18)26(4,32)20-9-8-19(16-20)21-10-11-22(30-21)25(2,3)31/h18-24,28-33H,5-17H2,1-4H3/t18?,19?,20?,21?,22-,23-,24-,26?,27?/m0/s1. The Kier molecular flexibility index (Phi) is 7.85. The lowest BCUT2D eigenvalue weighted by Crippen LogP contribution is -2.50. The number of hydrogen-bond acceptors (Lipinski definition) is 6. The lowest BCUT2D eigenvalue weighted by atomic mass is 9.78. The first-order chi connectivity index (χ1) is 15.5. The molecule has 1 saturated carbocycles. The number of nitrogens with one attached hydrogen (secondary N) is 3. The van der Waals surface area contributed by atoms with E-state index in [4.69, 9.17) is 0 Å². The zero-order valence-electron chi connectivity index (χ0n) is 21.6. The zero-order chi connectivity index (χ0) is 23.9. The Morgan fingerprint density at radius 1 is 0.848 bits per heavy atom. The molecule has 4 rings (SSSR count). The van der Waals surface area contributed by atoms with Gasteiger partial charge in [-0.25, -0.2) is 0 Å². The van der Waals surface area contributed by atoms with Crippen LogP contribution >= 0.6 is 0 Å². The van der Waals surface area contributed by atoms with Crippen molar-refractivity contribution in [3.05, 3.63) is 0 Å². The van der Waals surface area contributed by atoms with E-state index in [9.17, 15) is 15.3 Å². The van der Waals surface area contributed by atoms with Gasteiger partial charge in [0, 0.05) is 24.2 Å². The minimum atomic E-state index is -0.689. The molecular formula is C27H51N3O3. The minimum Gasteiger partial charge on any atom is -0.389 e. The predicted octanol–water partition coefficient (Wildman–Crippen LogP) is 2.70. The van der Waals surface area contributed by atoms with E-state index in [0.717, 1.165) is 70.9 Å². The van der Waals surface area contributed by atoms with Crippen LogP contribution in [0, 0.1) is 17.8 Å². The molecule has 0 aromatic heterocycles. The summed E-state index contributed by atoms with van der Waals surface area (Å²) < 4.78 is 0. The van der Waals surface area contributed by atoms with Crippen LogP contribution in [0.1, 0.15) is 98.3 Å². The summed E-state index contributed by atoms with van der Waals surface area (Å²) >= 11 is 0. The molecular weight excluding hydrogens is 414 g/mol. The van der Waals surface area contributed by atoms with Gasteiger partial charge in [-0.2, -0.15) is 0 Å². The quantitative estimate of drug-likeness (QED) is 0.313. The van der Waals surface area contributed by atoms with Crippen LogP contribution in [0.5, 0.6) is 0 Å². The Hall–Kier alpha value is -0.240. The van der Waals surface area contributed by atoms with Gasteiger partial charge < -0.3 is 31.3 Å². The third-order valence-electron chi connectivity index (χ3n) is 10.1. The molecule has 6 heteroatoms. The summed E-state index contributed by atoms with van der Waals surface area (Å²) in [4.78, 5) is 0. The van der Waals surface area contributed by atoms with E-state index in [1.807, 2.05) is 13.8 Å². The van der Waals surface area contributed by atoms with Gasteiger partial charge in [-0.15, -0.1) is 0 Å². The Bertz CT molecular complexity index is 645. The molecule has 0 aromatic rings. The molecule has 6 N–H and O–H groups in total. The van der Waals surface area contributed by atoms with Crippen molar-refractivity contribution in [2.75, 3.05) is 13.1 Å². The van der Waals surface area contributed by atoms with Crippen LogP contribution in [0.3, 0.4) is 0 Å². The van der Waals surface area contributed by atoms with Crippen LogP contribution in [-0.2, 0) is 0 Å². The fourth-order valence-corrected chi connectivity index (χ4v) is 7.57. The average molecular weight is 466 g/mol. The van der Waals surface area contributed by atoms with Crippen molar-refractivity contribution in [3.63, 3.8) is 0 Å². The molecule has 192 valence electrons. The fraction of sp³-hybridized carbons (Fsp3) is 1.00. The molecule has 1 aliphatic carbocycles. The molecule has 9 atom stereocenters. The van der Waals surface area contributed by atoms with E-state index in [0.29, 0.717) is 23.8 Å². The molecule has 0 bridgehead atoms. The van der Waals surface area contributed by atoms with E-state index in [1.54, 1.807) is 0 Å². The second kappa shape index (κ2) is 10.0. The van der Waals surface area contributed by atoms with Crippen molar-refractivity contribution in [2.45, 2.75) is 139 Å². The molecule has 4 aliphatic rings. The van der Waals surface area contributed by atoms with E-state index in [-0.39, 0.29) is 18.1 Å². The normalized spacial score (nSPS) is 41.4. The minimum absolute atomic E-state index is 0.145. The van der Waals surface area contributed by atoms with Gasteiger partial charge in [-0.1, -0.05) is 6.92 Å². The van der Waals surface area contributed by atoms with E-state index < -0.39 is 16.8 Å². The van der Waals surface area contributed by atoms with Gasteiger partial charge in [-0.3, -0.25) is 0 Å². The first-order valence-electron chi connectivity index (χ1n) is 13.9. The first-order valence-corrected chi connectivity index (χ1v) is 13.9. The Balaban J connectivity index is 1.26. The highest BCUT2D eigenvalue weighted by Gasteiger charge is 2.48. The van der Waals surface area contributed by atoms with Crippen LogP contribution in [-0.4, -0.2) is 69.4 Å². The lowest BCUT2D eigenvalue weighted by molar-refractivity contribution is -0.0314. The van der Waals surface area contributed by atoms with Gasteiger partial charge in [0.05, 0.1) is 16.8 Å². The topological polar surface area (TPSA) is 96.8 Å². The highest BCUT2D eigenvalue weighted by molar-refractivity contribution is 5.04. The van der Waals surface area contributed by atoms with Crippen LogP contribution in [0.2, 0.25) is 0 Å². The molecule has 6 unspecified atom stereocenters. The van der Waals surface area contributed by atoms with Gasteiger partial charge in [0.2, 0.25) is 0 Å². The third-order valence-corrected chi connectivity index (χ3v) is 10.1. The van der Waals surface area contributed by atoms with Crippen molar-refractivity contribution in [1.82, 2.24) is 16.0 Å². The van der Waals surface area contributed by atoms with Crippen molar-refractivity contribution in [1.29, 1.82) is 0 Å². The molecule has 0 radical (unpaired) electrons. The Labute approximate surface area is 201 Å². The number of rotatable bonds is 9. The molecule has 6 nitrogen and oxygen atoms in total. The van der Waals surface area contributed by atoms with Crippen molar-refractivity contribution in [2.24, 2.45) is 17.8 Å². The largest absolute Gasteiger partial charge is 0.389 e. The van der Waals surface area contributed by atoms with Crippen LogP contribution in [0.4, 0.5) is 0 Å². The molecule has 0 spiro atoms. The average Bonchev–Trinajstić information content (AvgIpc) is 3.57. The lowest BCUT2D eigenvalue weighted by Gasteiger charge is -2.37. The maximum Gasteiger partial charge on any atom is 0.0800 e. The molecule has 3 saturated heterocycles. The van der Waals surface area contributed by atoms with E-state index >= 15 is 0 Å². The smallest absolute Gasteiger partial charge is 0.0800 e. The van der Waals surface area contributed by atoms with Crippen LogP contribution in [0.25, 0.3) is 0 Å². The van der Waals surface area contributed by atoms with Gasteiger partial charge >= 0.3 is 0 Å². The van der Waals surface area contributed by atoms with Crippen molar-refractivity contribution >= 4 is 0 Å². The van der Waals surface area contributed by atoms with Crippen molar-refractivity contribution in [3.8, 4) is 0 Å². The number of hydrogen-bond donors (Lipinski definition) is 6. The van der Waals surface area contributed by atoms with Crippen LogP contribution in [0.15, 0.2) is 0 Å². The second-order valence-electron chi connectivity index (χ2n) is 12.8. The zero-order valence-corrected chi connectivity index (χ0v) is 21.6. The molecule has 0 aromatic carbocycles. The van der Waals surface area contributed by atoms with Crippen molar-refractivity contribution < 1.29 is 15.3 Å². The van der Waals surface area contributed by atoms with Gasteiger partial charge in [0.25, 0.3) is 0 Å². The SMILES string of the molecule is CCC(O)(CCC1CN[C@H](C(C)(O)C2CCC(C3CC[C@@H](C(C)(C)O)N3)C2)C1)[C@@H]1CCCN1. The highest BCUT2D eigenvalue weighted by Crippen LogP contribution is 2.45. The molecule has 3 heterocycles. The summed E-state index contributed by atoms with van der Waals surface area (Å²) in [7, 11) is 0. The monoisotopic (exact) mass is 465 g/mol. The molecule has 4 fully saturated rings. The maximum absolute atomic E-state index is 11.6. The summed E-state index contributed by atoms with van der Waals surface area (Å²) in [6, 6.07) is 1.04. The van der Waals surface area contributed by atoms with Crippen LogP contribution < -0.4 is 16.0 Å². The summed E-state index contributed by atoms with van der Waals surface area (Å²) in [5, 5.41) is 44.1. The number of aliphatic hydroxyl groups is 3. The second-order valence-corrected chi connectivity index (χ2v) is 12.8. The summed E-state index contributed by atoms with van der Waals surface area (Å²) in [5.74, 6) is 1.46. The Morgan fingerprint density at radius 3 is 2.27 bits per heavy atom. The molecule has 33 heavy (non-hydrogen) atoms. The summed E-state index contributed by atoms with van der Waals surface area (Å²) in [6.07, 6.45) is 11.5. The Morgan fingerprint density at radius 2 is 1.64 bits per heavy atom. The summed E-state index contributed by atoms with van der Waals surface area (Å²) in [6.45, 7) is 9.96. The van der Waals surface area contributed by atoms with Gasteiger partial charge in [0.1, 0.15) is 0 Å². The fourth-order valence-electron chi connectivity index (χ4n) is 7.57. The first kappa shape index (κ1) is 25.8. The molecule has 3 aliphatic heterocycles. The molecule has 0 amide bonds. The predicted molar refractivity (Wildman–Crippen MR) is 133 cm³/mol. The third kappa shape index (κ3) is 5.62. The maximum atomic E-state index is 11.6. The van der Waals surface area contributed by atoms with Gasteiger partial charge in [-0.05, 0) is 122 Å².